The van der Waals surface area contributed by atoms with Crippen LogP contribution in [0.4, 0.5) is 0 Å². The van der Waals surface area contributed by atoms with Crippen molar-refractivity contribution in [3.05, 3.63) is 35.5 Å². The lowest BCUT2D eigenvalue weighted by atomic mass is 10.1. The second-order valence-electron chi connectivity index (χ2n) is 7.14. The van der Waals surface area contributed by atoms with Gasteiger partial charge in [-0.2, -0.15) is 0 Å². The van der Waals surface area contributed by atoms with E-state index in [0.29, 0.717) is 38.3 Å². The molecule has 0 bridgehead atoms. The maximum absolute atomic E-state index is 12.8. The molecule has 9 heteroatoms. The van der Waals surface area contributed by atoms with Crippen LogP contribution in [0.1, 0.15) is 12.6 Å². The Balaban J connectivity index is 1.54. The molecule has 1 fully saturated rings. The summed E-state index contributed by atoms with van der Waals surface area (Å²) in [6, 6.07) is 5.59. The summed E-state index contributed by atoms with van der Waals surface area (Å²) in [7, 11) is 3.25. The molecular formula is C21H24N4O4S. The Morgan fingerprint density at radius 1 is 1.10 bits per heavy atom. The highest BCUT2D eigenvalue weighted by atomic mass is 32.1. The highest BCUT2D eigenvalue weighted by molar-refractivity contribution is 7.15. The van der Waals surface area contributed by atoms with Crippen LogP contribution in [0.3, 0.4) is 0 Å². The van der Waals surface area contributed by atoms with Gasteiger partial charge in [0, 0.05) is 55.9 Å². The molecule has 0 saturated carbocycles. The molecule has 1 aliphatic rings. The third-order valence-corrected chi connectivity index (χ3v) is 6.26. The zero-order chi connectivity index (χ0) is 21.3. The van der Waals surface area contributed by atoms with Gasteiger partial charge >= 0.3 is 0 Å². The van der Waals surface area contributed by atoms with Crippen LogP contribution >= 0.6 is 11.3 Å². The third-order valence-electron chi connectivity index (χ3n) is 5.38. The normalized spacial score (nSPS) is 14.2. The fourth-order valence-corrected chi connectivity index (χ4v) is 4.51. The van der Waals surface area contributed by atoms with Crippen molar-refractivity contribution in [2.45, 2.75) is 13.3 Å². The summed E-state index contributed by atoms with van der Waals surface area (Å²) in [5.74, 6) is 1.55. The fourth-order valence-electron chi connectivity index (χ4n) is 3.64. The van der Waals surface area contributed by atoms with E-state index in [1.54, 1.807) is 26.0 Å². The molecular weight excluding hydrogens is 404 g/mol. The molecule has 1 aliphatic heterocycles. The van der Waals surface area contributed by atoms with E-state index < -0.39 is 0 Å². The fraction of sp³-hybridized carbons (Fsp3) is 0.381. The molecule has 0 N–H and O–H groups in total. The second-order valence-corrected chi connectivity index (χ2v) is 7.97. The molecule has 2 amide bonds. The van der Waals surface area contributed by atoms with Gasteiger partial charge in [-0.25, -0.2) is 4.98 Å². The second kappa shape index (κ2) is 8.35. The number of carbonyl (C=O) groups excluding carboxylic acids is 2. The Labute approximate surface area is 178 Å². The summed E-state index contributed by atoms with van der Waals surface area (Å²) in [4.78, 5) is 33.4. The number of thiazole rings is 1. The lowest BCUT2D eigenvalue weighted by Gasteiger charge is -2.34. The number of carbonyl (C=O) groups is 2. The smallest absolute Gasteiger partial charge is 0.228 e. The Morgan fingerprint density at radius 3 is 2.50 bits per heavy atom. The van der Waals surface area contributed by atoms with Crippen molar-refractivity contribution in [1.82, 2.24) is 19.2 Å². The molecule has 4 rings (SSSR count). The van der Waals surface area contributed by atoms with Crippen LogP contribution in [0.2, 0.25) is 0 Å². The van der Waals surface area contributed by atoms with Gasteiger partial charge in [-0.3, -0.25) is 14.0 Å². The molecule has 1 saturated heterocycles. The van der Waals surface area contributed by atoms with E-state index in [1.165, 1.54) is 11.3 Å². The van der Waals surface area contributed by atoms with Crippen molar-refractivity contribution in [3.8, 4) is 22.8 Å². The largest absolute Gasteiger partial charge is 0.497 e. The van der Waals surface area contributed by atoms with E-state index in [2.05, 4.69) is 0 Å². The van der Waals surface area contributed by atoms with Gasteiger partial charge in [0.2, 0.25) is 11.8 Å². The van der Waals surface area contributed by atoms with Crippen LogP contribution in [0.15, 0.2) is 29.8 Å². The van der Waals surface area contributed by atoms with Crippen LogP contribution < -0.4 is 9.47 Å². The number of imidazole rings is 1. The predicted molar refractivity (Wildman–Crippen MR) is 114 cm³/mol. The van der Waals surface area contributed by atoms with Gasteiger partial charge in [0.1, 0.15) is 11.5 Å². The molecule has 1 aromatic carbocycles. The highest BCUT2D eigenvalue weighted by Crippen LogP contribution is 2.34. The first-order valence-electron chi connectivity index (χ1n) is 9.71. The molecule has 0 spiro atoms. The van der Waals surface area contributed by atoms with Gasteiger partial charge in [0.05, 0.1) is 26.3 Å². The number of ether oxygens (including phenoxy) is 2. The maximum Gasteiger partial charge on any atom is 0.228 e. The quantitative estimate of drug-likeness (QED) is 0.623. The molecule has 0 aliphatic carbocycles. The number of hydrogen-bond donors (Lipinski definition) is 0. The number of piperazine rings is 1. The van der Waals surface area contributed by atoms with Crippen LogP contribution in [-0.4, -0.2) is 71.4 Å². The van der Waals surface area contributed by atoms with Gasteiger partial charge in [-0.15, -0.1) is 11.3 Å². The van der Waals surface area contributed by atoms with Gasteiger partial charge in [-0.1, -0.05) is 0 Å². The summed E-state index contributed by atoms with van der Waals surface area (Å²) in [5.41, 5.74) is 2.50. The van der Waals surface area contributed by atoms with Crippen LogP contribution in [0.25, 0.3) is 16.2 Å². The molecule has 30 heavy (non-hydrogen) atoms. The van der Waals surface area contributed by atoms with Gasteiger partial charge in [0.25, 0.3) is 0 Å². The first-order valence-corrected chi connectivity index (χ1v) is 10.6. The Bertz CT molecular complexity index is 1080. The topological polar surface area (TPSA) is 76.4 Å². The standard InChI is InChI=1S/C21H24N4O4S/c1-14(26)23-6-8-24(9-7-23)20(27)10-15-13-30-21-22-18(12-25(15)21)17-11-16(28-2)4-5-19(17)29-3/h4-5,11-13H,6-10H2,1-3H3. The van der Waals surface area contributed by atoms with E-state index in [0.717, 1.165) is 27.7 Å². The molecule has 0 unspecified atom stereocenters. The monoisotopic (exact) mass is 428 g/mol. The summed E-state index contributed by atoms with van der Waals surface area (Å²) >= 11 is 1.50. The van der Waals surface area contributed by atoms with E-state index >= 15 is 0 Å². The third kappa shape index (κ3) is 3.85. The Hall–Kier alpha value is -3.07. The predicted octanol–water partition coefficient (Wildman–Crippen LogP) is 2.31. The number of nitrogens with zero attached hydrogens (tertiary/aromatic N) is 4. The summed E-state index contributed by atoms with van der Waals surface area (Å²) in [6.45, 7) is 3.88. The van der Waals surface area contributed by atoms with E-state index in [1.807, 2.05) is 39.1 Å². The van der Waals surface area contributed by atoms with Crippen molar-refractivity contribution in [2.75, 3.05) is 40.4 Å². The molecule has 3 aromatic rings. The van der Waals surface area contributed by atoms with Gasteiger partial charge in [-0.05, 0) is 18.2 Å². The number of benzene rings is 1. The highest BCUT2D eigenvalue weighted by Gasteiger charge is 2.23. The zero-order valence-corrected chi connectivity index (χ0v) is 18.1. The van der Waals surface area contributed by atoms with Crippen molar-refractivity contribution < 1.29 is 19.1 Å². The number of methoxy groups -OCH3 is 2. The number of hydrogen-bond acceptors (Lipinski definition) is 6. The first-order chi connectivity index (χ1) is 14.5. The number of aromatic nitrogens is 2. The SMILES string of the molecule is COc1ccc(OC)c(-c2cn3c(CC(=O)N4CCN(C(C)=O)CC4)csc3n2)c1. The molecule has 158 valence electrons. The lowest BCUT2D eigenvalue weighted by Crippen LogP contribution is -2.50. The van der Waals surface area contributed by atoms with Crippen LogP contribution in [0.5, 0.6) is 11.5 Å². The van der Waals surface area contributed by atoms with Crippen LogP contribution in [0, 0.1) is 0 Å². The van der Waals surface area contributed by atoms with Crippen molar-refractivity contribution in [2.24, 2.45) is 0 Å². The molecule has 3 heterocycles. The average Bonchev–Trinajstić information content (AvgIpc) is 3.35. The van der Waals surface area contributed by atoms with Crippen molar-refractivity contribution in [1.29, 1.82) is 0 Å². The summed E-state index contributed by atoms with van der Waals surface area (Å²) in [5, 5.41) is 1.97. The maximum atomic E-state index is 12.8. The van der Waals surface area contributed by atoms with E-state index in [9.17, 15) is 9.59 Å². The number of amides is 2. The van der Waals surface area contributed by atoms with Gasteiger partial charge < -0.3 is 19.3 Å². The van der Waals surface area contributed by atoms with Gasteiger partial charge in [0.15, 0.2) is 4.96 Å². The lowest BCUT2D eigenvalue weighted by molar-refractivity contribution is -0.138. The Morgan fingerprint density at radius 2 is 1.83 bits per heavy atom. The minimum absolute atomic E-state index is 0.0561. The number of rotatable bonds is 5. The minimum atomic E-state index is 0.0561. The summed E-state index contributed by atoms with van der Waals surface area (Å²) in [6.07, 6.45) is 2.23. The molecule has 0 radical (unpaired) electrons. The first kappa shape index (κ1) is 20.2. The molecule has 8 nitrogen and oxygen atoms in total. The van der Waals surface area contributed by atoms with Crippen molar-refractivity contribution in [3.63, 3.8) is 0 Å². The minimum Gasteiger partial charge on any atom is -0.497 e. The summed E-state index contributed by atoms with van der Waals surface area (Å²) < 4.78 is 12.8. The van der Waals surface area contributed by atoms with E-state index in [-0.39, 0.29) is 11.8 Å². The molecule has 2 aromatic heterocycles. The van der Waals surface area contributed by atoms with Crippen molar-refractivity contribution >= 4 is 28.1 Å². The number of fused-ring (bicyclic) bond motifs is 1. The zero-order valence-electron chi connectivity index (χ0n) is 17.3. The average molecular weight is 429 g/mol. The molecule has 0 atom stereocenters. The Kier molecular flexibility index (Phi) is 5.63. The van der Waals surface area contributed by atoms with E-state index in [4.69, 9.17) is 14.5 Å². The van der Waals surface area contributed by atoms with Crippen LogP contribution in [-0.2, 0) is 16.0 Å².